The zero-order chi connectivity index (χ0) is 20.6. The van der Waals surface area contributed by atoms with Crippen LogP contribution in [0.2, 0.25) is 0 Å². The molecule has 0 aliphatic carbocycles. The number of urea groups is 1. The summed E-state index contributed by atoms with van der Waals surface area (Å²) in [6.45, 7) is -0.428. The number of benzene rings is 1. The van der Waals surface area contributed by atoms with Gasteiger partial charge < -0.3 is 14.8 Å². The number of methoxy groups -OCH3 is 1. The Morgan fingerprint density at radius 1 is 1.26 bits per heavy atom. The maximum atomic E-state index is 11.9. The second-order valence-electron chi connectivity index (χ2n) is 5.08. The number of sulfone groups is 1. The summed E-state index contributed by atoms with van der Waals surface area (Å²) in [4.78, 5) is 44.2. The highest BCUT2D eigenvalue weighted by molar-refractivity contribution is 7.90. The van der Waals surface area contributed by atoms with Crippen molar-refractivity contribution in [2.24, 2.45) is 0 Å². The molecule has 148 valence electrons. The average molecular weight is 403 g/mol. The maximum Gasteiger partial charge on any atom is 0.338 e. The third kappa shape index (κ3) is 6.99. The zero-order valence-electron chi connectivity index (χ0n) is 14.4. The lowest BCUT2D eigenvalue weighted by atomic mass is 10.2. The molecule has 0 fully saturated rings. The molecule has 1 aromatic carbocycles. The monoisotopic (exact) mass is 403 g/mol. The first kappa shape index (κ1) is 22.0. The maximum absolute atomic E-state index is 11.9. The molecule has 12 nitrogen and oxygen atoms in total. The Bertz CT molecular complexity index is 851. The molecular formula is C14H17N3O9S. The van der Waals surface area contributed by atoms with E-state index in [1.165, 1.54) is 7.11 Å². The molecule has 0 heterocycles. The van der Waals surface area contributed by atoms with Gasteiger partial charge in [0, 0.05) is 26.0 Å². The molecule has 0 saturated carbocycles. The molecule has 1 rings (SSSR count). The molecule has 0 unspecified atom stereocenters. The zero-order valence-corrected chi connectivity index (χ0v) is 15.2. The van der Waals surface area contributed by atoms with Crippen molar-refractivity contribution in [3.63, 3.8) is 0 Å². The van der Waals surface area contributed by atoms with E-state index in [9.17, 15) is 32.9 Å². The van der Waals surface area contributed by atoms with Crippen LogP contribution in [-0.2, 0) is 24.1 Å². The Kier molecular flexibility index (Phi) is 7.80. The Hall–Kier alpha value is -3.06. The number of carbonyl (C=O) groups excluding carboxylic acids is 3. The van der Waals surface area contributed by atoms with Crippen LogP contribution in [0.1, 0.15) is 10.4 Å². The van der Waals surface area contributed by atoms with Gasteiger partial charge in [-0.3, -0.25) is 20.2 Å². The summed E-state index contributed by atoms with van der Waals surface area (Å²) >= 11 is 0. The van der Waals surface area contributed by atoms with E-state index in [0.29, 0.717) is 0 Å². The Labute approximate surface area is 153 Å². The van der Waals surface area contributed by atoms with E-state index in [4.69, 9.17) is 4.74 Å². The van der Waals surface area contributed by atoms with Crippen molar-refractivity contribution >= 4 is 33.4 Å². The smallest absolute Gasteiger partial charge is 0.338 e. The Morgan fingerprint density at radius 2 is 1.93 bits per heavy atom. The first-order valence-corrected chi connectivity index (χ1v) is 9.17. The fraction of sp³-hybridized carbons (Fsp3) is 0.357. The number of nitro groups is 1. The largest absolute Gasteiger partial charge is 0.452 e. The second kappa shape index (κ2) is 9.59. The van der Waals surface area contributed by atoms with Crippen LogP contribution >= 0.6 is 0 Å². The van der Waals surface area contributed by atoms with Crippen LogP contribution in [0.5, 0.6) is 0 Å². The first-order chi connectivity index (χ1) is 12.6. The highest BCUT2D eigenvalue weighted by atomic mass is 32.2. The fourth-order valence-electron chi connectivity index (χ4n) is 1.79. The van der Waals surface area contributed by atoms with E-state index >= 15 is 0 Å². The molecule has 0 bridgehead atoms. The number of ether oxygens (including phenoxy) is 2. The molecule has 0 aromatic heterocycles. The lowest BCUT2D eigenvalue weighted by Gasteiger charge is -2.08. The molecule has 27 heavy (non-hydrogen) atoms. The topological polar surface area (TPSA) is 171 Å². The molecule has 2 N–H and O–H groups in total. The predicted octanol–water partition coefficient (Wildman–Crippen LogP) is -0.373. The minimum Gasteiger partial charge on any atom is -0.452 e. The quantitative estimate of drug-likeness (QED) is 0.254. The summed E-state index contributed by atoms with van der Waals surface area (Å²) in [5, 5.41) is 15.2. The molecule has 0 saturated heterocycles. The standard InChI is InChI=1S/C14H17N3O9S/c1-25-6-5-15-14(20)16-12(18)8-26-13(19)9-3-4-11(27(2,23)24)10(7-9)17(21)22/h3-4,7H,5-6,8H2,1-2H3,(H2,15,16,18,20). The third-order valence-electron chi connectivity index (χ3n) is 2.97. The molecular weight excluding hydrogens is 386 g/mol. The van der Waals surface area contributed by atoms with Crippen LogP contribution < -0.4 is 10.6 Å². The predicted molar refractivity (Wildman–Crippen MR) is 89.9 cm³/mol. The van der Waals surface area contributed by atoms with Crippen molar-refractivity contribution in [3.8, 4) is 0 Å². The molecule has 13 heteroatoms. The molecule has 0 atom stereocenters. The SMILES string of the molecule is COCCNC(=O)NC(=O)COC(=O)c1ccc(S(C)(=O)=O)c([N+](=O)[O-])c1. The first-order valence-electron chi connectivity index (χ1n) is 7.28. The lowest BCUT2D eigenvalue weighted by Crippen LogP contribution is -2.42. The van der Waals surface area contributed by atoms with E-state index in [1.807, 2.05) is 5.32 Å². The molecule has 3 amide bonds. The summed E-state index contributed by atoms with van der Waals surface area (Å²) in [6.07, 6.45) is 0.787. The Morgan fingerprint density at radius 3 is 2.48 bits per heavy atom. The number of esters is 1. The van der Waals surface area contributed by atoms with Gasteiger partial charge in [-0.2, -0.15) is 0 Å². The van der Waals surface area contributed by atoms with E-state index < -0.39 is 49.9 Å². The number of imide groups is 1. The van der Waals surface area contributed by atoms with Gasteiger partial charge in [-0.05, 0) is 12.1 Å². The van der Waals surface area contributed by atoms with Crippen molar-refractivity contribution in [1.29, 1.82) is 0 Å². The van der Waals surface area contributed by atoms with Gasteiger partial charge in [0.1, 0.15) is 4.90 Å². The number of nitrogens with one attached hydrogen (secondary N) is 2. The van der Waals surface area contributed by atoms with Gasteiger partial charge >= 0.3 is 12.0 Å². The van der Waals surface area contributed by atoms with Crippen molar-refractivity contribution < 1.29 is 37.2 Å². The number of rotatable bonds is 8. The van der Waals surface area contributed by atoms with Gasteiger partial charge in [0.2, 0.25) is 0 Å². The number of nitrogens with zero attached hydrogens (tertiary/aromatic N) is 1. The lowest BCUT2D eigenvalue weighted by molar-refractivity contribution is -0.387. The van der Waals surface area contributed by atoms with E-state index in [2.05, 4.69) is 10.1 Å². The minimum absolute atomic E-state index is 0.158. The molecule has 1 aromatic rings. The van der Waals surface area contributed by atoms with Crippen molar-refractivity contribution in [1.82, 2.24) is 10.6 Å². The summed E-state index contributed by atoms with van der Waals surface area (Å²) in [5.74, 6) is -2.03. The van der Waals surface area contributed by atoms with Crippen LogP contribution in [0.15, 0.2) is 23.1 Å². The normalized spacial score (nSPS) is 10.7. The van der Waals surface area contributed by atoms with E-state index in [0.717, 1.165) is 24.5 Å². The Balaban J connectivity index is 2.72. The van der Waals surface area contributed by atoms with Crippen molar-refractivity contribution in [3.05, 3.63) is 33.9 Å². The van der Waals surface area contributed by atoms with Crippen molar-refractivity contribution in [2.75, 3.05) is 33.1 Å². The fourth-order valence-corrected chi connectivity index (χ4v) is 2.62. The van der Waals surface area contributed by atoms with Gasteiger partial charge in [0.15, 0.2) is 16.4 Å². The van der Waals surface area contributed by atoms with Gasteiger partial charge in [-0.15, -0.1) is 0 Å². The van der Waals surface area contributed by atoms with Crippen LogP contribution in [0.4, 0.5) is 10.5 Å². The van der Waals surface area contributed by atoms with Crippen LogP contribution in [0, 0.1) is 10.1 Å². The van der Waals surface area contributed by atoms with E-state index in [-0.39, 0.29) is 18.7 Å². The third-order valence-corrected chi connectivity index (χ3v) is 4.11. The summed E-state index contributed by atoms with van der Waals surface area (Å²) in [7, 11) is -2.45. The van der Waals surface area contributed by atoms with Gasteiger partial charge in [-0.1, -0.05) is 0 Å². The van der Waals surface area contributed by atoms with Gasteiger partial charge in [-0.25, -0.2) is 18.0 Å². The number of amides is 3. The van der Waals surface area contributed by atoms with Crippen molar-refractivity contribution in [2.45, 2.75) is 4.90 Å². The molecule has 0 radical (unpaired) electrons. The highest BCUT2D eigenvalue weighted by Gasteiger charge is 2.24. The van der Waals surface area contributed by atoms with E-state index in [1.54, 1.807) is 0 Å². The summed E-state index contributed by atoms with van der Waals surface area (Å²) in [5.41, 5.74) is -1.12. The minimum atomic E-state index is -3.88. The summed E-state index contributed by atoms with van der Waals surface area (Å²) < 4.78 is 32.4. The van der Waals surface area contributed by atoms with Crippen LogP contribution in [-0.4, -0.2) is 64.4 Å². The highest BCUT2D eigenvalue weighted by Crippen LogP contribution is 2.25. The van der Waals surface area contributed by atoms with Gasteiger partial charge in [0.05, 0.1) is 17.1 Å². The molecule has 0 spiro atoms. The molecule has 0 aliphatic heterocycles. The second-order valence-corrected chi connectivity index (χ2v) is 7.07. The molecule has 0 aliphatic rings. The number of nitro benzene ring substituents is 1. The summed E-state index contributed by atoms with van der Waals surface area (Å²) in [6, 6.07) is 1.82. The van der Waals surface area contributed by atoms with Gasteiger partial charge in [0.25, 0.3) is 11.6 Å². The van der Waals surface area contributed by atoms with Crippen LogP contribution in [0.25, 0.3) is 0 Å². The number of hydrogen-bond acceptors (Lipinski definition) is 9. The number of hydrogen-bond donors (Lipinski definition) is 2. The average Bonchev–Trinajstić information content (AvgIpc) is 2.58. The van der Waals surface area contributed by atoms with Crippen LogP contribution in [0.3, 0.4) is 0 Å². The number of carbonyl (C=O) groups is 3.